The van der Waals surface area contributed by atoms with E-state index in [4.69, 9.17) is 5.73 Å². The van der Waals surface area contributed by atoms with E-state index in [0.717, 1.165) is 22.4 Å². The van der Waals surface area contributed by atoms with Gasteiger partial charge in [-0.25, -0.2) is 9.67 Å². The number of pyridine rings is 1. The lowest BCUT2D eigenvalue weighted by Gasteiger charge is -2.02. The lowest BCUT2D eigenvalue weighted by atomic mass is 10.1. The summed E-state index contributed by atoms with van der Waals surface area (Å²) >= 11 is 0. The van der Waals surface area contributed by atoms with Crippen molar-refractivity contribution in [3.63, 3.8) is 0 Å². The predicted molar refractivity (Wildman–Crippen MR) is 75.9 cm³/mol. The van der Waals surface area contributed by atoms with E-state index >= 15 is 0 Å². The summed E-state index contributed by atoms with van der Waals surface area (Å²) in [4.78, 5) is 4.18. The number of nitrogens with two attached hydrogens (primary N) is 1. The summed E-state index contributed by atoms with van der Waals surface area (Å²) in [5.41, 5.74) is 9.79. The van der Waals surface area contributed by atoms with Crippen LogP contribution in [0, 0.1) is 6.92 Å². The number of anilines is 1. The number of nitrogen functional groups attached to an aromatic ring is 1. The van der Waals surface area contributed by atoms with Gasteiger partial charge < -0.3 is 5.73 Å². The second-order valence-corrected chi connectivity index (χ2v) is 4.44. The van der Waals surface area contributed by atoms with E-state index in [1.165, 1.54) is 0 Å². The van der Waals surface area contributed by atoms with Crippen molar-refractivity contribution in [3.05, 3.63) is 60.6 Å². The fraction of sp³-hybridized carbons (Fsp3) is 0.0667. The Hall–Kier alpha value is -2.62. The number of rotatable bonds is 2. The molecule has 0 unspecified atom stereocenters. The van der Waals surface area contributed by atoms with Crippen LogP contribution in [-0.2, 0) is 0 Å². The Morgan fingerprint density at radius 3 is 2.58 bits per heavy atom. The van der Waals surface area contributed by atoms with Crippen molar-refractivity contribution < 1.29 is 0 Å². The third kappa shape index (κ3) is 2.20. The van der Waals surface area contributed by atoms with Gasteiger partial charge in [-0.15, -0.1) is 0 Å². The number of hydrogen-bond donors (Lipinski definition) is 1. The Bertz CT molecular complexity index is 701. The first-order chi connectivity index (χ1) is 9.24. The van der Waals surface area contributed by atoms with Crippen molar-refractivity contribution in [1.29, 1.82) is 0 Å². The van der Waals surface area contributed by atoms with Crippen molar-refractivity contribution in [1.82, 2.24) is 14.8 Å². The molecule has 0 atom stereocenters. The minimum absolute atomic E-state index is 0.569. The summed E-state index contributed by atoms with van der Waals surface area (Å²) in [6.07, 6.45) is 5.59. The molecule has 19 heavy (non-hydrogen) atoms. The quantitative estimate of drug-likeness (QED) is 0.760. The second kappa shape index (κ2) is 4.57. The Morgan fingerprint density at radius 2 is 1.84 bits per heavy atom. The maximum absolute atomic E-state index is 5.73. The molecule has 0 aliphatic carbocycles. The van der Waals surface area contributed by atoms with E-state index in [0.29, 0.717) is 5.82 Å². The average molecular weight is 250 g/mol. The number of benzene rings is 1. The number of para-hydroxylation sites is 1. The highest BCUT2D eigenvalue weighted by Gasteiger charge is 2.05. The molecule has 3 rings (SSSR count). The van der Waals surface area contributed by atoms with E-state index < -0.39 is 0 Å². The van der Waals surface area contributed by atoms with Gasteiger partial charge in [0.15, 0.2) is 0 Å². The Balaban J connectivity index is 1.99. The number of aromatic nitrogens is 3. The van der Waals surface area contributed by atoms with E-state index in [9.17, 15) is 0 Å². The van der Waals surface area contributed by atoms with Crippen LogP contribution in [0.2, 0.25) is 0 Å². The third-order valence-electron chi connectivity index (χ3n) is 3.06. The Morgan fingerprint density at radius 1 is 1.05 bits per heavy atom. The molecule has 2 heterocycles. The molecule has 0 radical (unpaired) electrons. The van der Waals surface area contributed by atoms with Gasteiger partial charge in [-0.1, -0.05) is 18.2 Å². The van der Waals surface area contributed by atoms with Crippen LogP contribution in [0.5, 0.6) is 0 Å². The van der Waals surface area contributed by atoms with E-state index in [1.807, 2.05) is 60.4 Å². The van der Waals surface area contributed by atoms with E-state index in [2.05, 4.69) is 10.1 Å². The molecule has 2 aromatic heterocycles. The molecular weight excluding hydrogens is 236 g/mol. The average Bonchev–Trinajstić information content (AvgIpc) is 2.93. The molecule has 0 bridgehead atoms. The van der Waals surface area contributed by atoms with Crippen molar-refractivity contribution in [2.24, 2.45) is 0 Å². The molecule has 0 saturated carbocycles. The predicted octanol–water partition coefficient (Wildman–Crippen LogP) is 2.82. The lowest BCUT2D eigenvalue weighted by Crippen LogP contribution is -1.94. The first-order valence-corrected chi connectivity index (χ1v) is 6.06. The third-order valence-corrected chi connectivity index (χ3v) is 3.06. The van der Waals surface area contributed by atoms with Crippen LogP contribution in [0.1, 0.15) is 5.56 Å². The Labute approximate surface area is 111 Å². The van der Waals surface area contributed by atoms with Crippen LogP contribution in [0.15, 0.2) is 55.0 Å². The standard InChI is InChI=1S/C15H14N4/c1-11-7-12(8-17-15(11)16)13-9-18-19(10-13)14-5-3-2-4-6-14/h2-10H,1H3,(H2,16,17). The number of aryl methyl sites for hydroxylation is 1. The van der Waals surface area contributed by atoms with Crippen LogP contribution in [0.25, 0.3) is 16.8 Å². The highest BCUT2D eigenvalue weighted by molar-refractivity contribution is 5.64. The summed E-state index contributed by atoms with van der Waals surface area (Å²) in [5.74, 6) is 0.569. The molecule has 0 spiro atoms. The van der Waals surface area contributed by atoms with Crippen molar-refractivity contribution in [2.45, 2.75) is 6.92 Å². The maximum atomic E-state index is 5.73. The van der Waals surface area contributed by atoms with Crippen molar-refractivity contribution in [2.75, 3.05) is 5.73 Å². The molecular formula is C15H14N4. The van der Waals surface area contributed by atoms with Crippen LogP contribution in [-0.4, -0.2) is 14.8 Å². The van der Waals surface area contributed by atoms with Crippen LogP contribution < -0.4 is 5.73 Å². The van der Waals surface area contributed by atoms with Crippen molar-refractivity contribution in [3.8, 4) is 16.8 Å². The van der Waals surface area contributed by atoms with Gasteiger partial charge in [-0.3, -0.25) is 0 Å². The first-order valence-electron chi connectivity index (χ1n) is 6.06. The van der Waals surface area contributed by atoms with Gasteiger partial charge in [0, 0.05) is 23.5 Å². The molecule has 0 aliphatic heterocycles. The van der Waals surface area contributed by atoms with Gasteiger partial charge in [-0.2, -0.15) is 5.10 Å². The van der Waals surface area contributed by atoms with Gasteiger partial charge in [0.1, 0.15) is 5.82 Å². The van der Waals surface area contributed by atoms with Gasteiger partial charge in [0.05, 0.1) is 11.9 Å². The minimum atomic E-state index is 0.569. The van der Waals surface area contributed by atoms with E-state index in [1.54, 1.807) is 6.20 Å². The molecule has 0 saturated heterocycles. The summed E-state index contributed by atoms with van der Waals surface area (Å²) in [7, 11) is 0. The lowest BCUT2D eigenvalue weighted by molar-refractivity contribution is 0.881. The summed E-state index contributed by atoms with van der Waals surface area (Å²) in [6, 6.07) is 12.0. The van der Waals surface area contributed by atoms with Gasteiger partial charge >= 0.3 is 0 Å². The van der Waals surface area contributed by atoms with Gasteiger partial charge in [0.25, 0.3) is 0 Å². The molecule has 3 aromatic rings. The van der Waals surface area contributed by atoms with Crippen LogP contribution in [0.3, 0.4) is 0 Å². The zero-order chi connectivity index (χ0) is 13.2. The van der Waals surface area contributed by atoms with Crippen LogP contribution in [0.4, 0.5) is 5.82 Å². The first kappa shape index (κ1) is 11.5. The highest BCUT2D eigenvalue weighted by atomic mass is 15.3. The topological polar surface area (TPSA) is 56.7 Å². The minimum Gasteiger partial charge on any atom is -0.383 e. The number of hydrogen-bond acceptors (Lipinski definition) is 3. The molecule has 2 N–H and O–H groups in total. The molecule has 0 amide bonds. The Kier molecular flexibility index (Phi) is 2.76. The highest BCUT2D eigenvalue weighted by Crippen LogP contribution is 2.22. The second-order valence-electron chi connectivity index (χ2n) is 4.44. The van der Waals surface area contributed by atoms with E-state index in [-0.39, 0.29) is 0 Å². The van der Waals surface area contributed by atoms with Gasteiger partial charge in [-0.05, 0) is 30.7 Å². The van der Waals surface area contributed by atoms with Crippen LogP contribution >= 0.6 is 0 Å². The summed E-state index contributed by atoms with van der Waals surface area (Å²) in [5, 5.41) is 4.37. The SMILES string of the molecule is Cc1cc(-c2cnn(-c3ccccc3)c2)cnc1N. The smallest absolute Gasteiger partial charge is 0.126 e. The zero-order valence-electron chi connectivity index (χ0n) is 10.6. The zero-order valence-corrected chi connectivity index (χ0v) is 10.6. The number of nitrogens with zero attached hydrogens (tertiary/aromatic N) is 3. The fourth-order valence-corrected chi connectivity index (χ4v) is 1.94. The maximum Gasteiger partial charge on any atom is 0.126 e. The molecule has 0 fully saturated rings. The summed E-state index contributed by atoms with van der Waals surface area (Å²) in [6.45, 7) is 1.95. The fourth-order valence-electron chi connectivity index (χ4n) is 1.94. The molecule has 4 nitrogen and oxygen atoms in total. The molecule has 4 heteroatoms. The van der Waals surface area contributed by atoms with Crippen molar-refractivity contribution >= 4 is 5.82 Å². The normalized spacial score (nSPS) is 10.6. The molecule has 1 aromatic carbocycles. The monoisotopic (exact) mass is 250 g/mol. The molecule has 94 valence electrons. The van der Waals surface area contributed by atoms with Gasteiger partial charge in [0.2, 0.25) is 0 Å². The largest absolute Gasteiger partial charge is 0.383 e. The summed E-state index contributed by atoms with van der Waals surface area (Å²) < 4.78 is 1.85. The molecule has 0 aliphatic rings.